The summed E-state index contributed by atoms with van der Waals surface area (Å²) < 4.78 is 46.8. The molecular formula is C25H24F3N5O4. The van der Waals surface area contributed by atoms with Gasteiger partial charge in [-0.2, -0.15) is 13.2 Å². The third kappa shape index (κ3) is 4.32. The van der Waals surface area contributed by atoms with E-state index in [0.717, 1.165) is 22.4 Å². The van der Waals surface area contributed by atoms with Crippen LogP contribution in [0.1, 0.15) is 45.8 Å². The number of halogens is 3. The predicted molar refractivity (Wildman–Crippen MR) is 128 cm³/mol. The molecule has 194 valence electrons. The lowest BCUT2D eigenvalue weighted by Crippen LogP contribution is -2.43. The van der Waals surface area contributed by atoms with Crippen molar-refractivity contribution in [1.82, 2.24) is 19.2 Å². The highest BCUT2D eigenvalue weighted by Crippen LogP contribution is 2.30. The van der Waals surface area contributed by atoms with Crippen LogP contribution in [0.25, 0.3) is 11.1 Å². The quantitative estimate of drug-likeness (QED) is 0.435. The fourth-order valence-corrected chi connectivity index (χ4v) is 4.55. The number of alkyl halides is 3. The molecule has 4 heterocycles. The van der Waals surface area contributed by atoms with Crippen LogP contribution in [0.3, 0.4) is 0 Å². The largest absolute Gasteiger partial charge is 0.463 e. The van der Waals surface area contributed by atoms with Crippen molar-refractivity contribution >= 4 is 23.0 Å². The van der Waals surface area contributed by atoms with Gasteiger partial charge in [-0.05, 0) is 24.6 Å². The van der Waals surface area contributed by atoms with Crippen molar-refractivity contribution < 1.29 is 27.2 Å². The molecule has 3 aromatic heterocycles. The number of hydrogen-bond acceptors (Lipinski definition) is 6. The Labute approximate surface area is 209 Å². The van der Waals surface area contributed by atoms with Crippen LogP contribution >= 0.6 is 0 Å². The second-order valence-electron chi connectivity index (χ2n) is 8.86. The maximum atomic E-state index is 13.3. The van der Waals surface area contributed by atoms with Crippen LogP contribution in [-0.2, 0) is 26.2 Å². The predicted octanol–water partition coefficient (Wildman–Crippen LogP) is 3.78. The van der Waals surface area contributed by atoms with Gasteiger partial charge in [-0.15, -0.1) is 4.73 Å². The van der Waals surface area contributed by atoms with Crippen LogP contribution in [0.2, 0.25) is 0 Å². The Morgan fingerprint density at radius 2 is 1.95 bits per heavy atom. The number of nitrogens with one attached hydrogen (secondary N) is 1. The molecule has 0 saturated carbocycles. The number of carbonyl (C=O) groups excluding carboxylic acids is 1. The third-order valence-corrected chi connectivity index (χ3v) is 6.63. The number of aryl methyl sites for hydroxylation is 1. The first-order valence-electron chi connectivity index (χ1n) is 11.5. The lowest BCUT2D eigenvalue weighted by atomic mass is 10.1. The molecule has 0 saturated heterocycles. The number of amides is 1. The Morgan fingerprint density at radius 1 is 1.22 bits per heavy atom. The molecule has 5 rings (SSSR count). The van der Waals surface area contributed by atoms with Crippen molar-refractivity contribution in [2.24, 2.45) is 7.05 Å². The van der Waals surface area contributed by atoms with E-state index >= 15 is 0 Å². The summed E-state index contributed by atoms with van der Waals surface area (Å²) in [4.78, 5) is 38.0. The van der Waals surface area contributed by atoms with Crippen LogP contribution in [-0.4, -0.2) is 38.7 Å². The van der Waals surface area contributed by atoms with Crippen molar-refractivity contribution in [2.75, 3.05) is 19.0 Å². The average molecular weight is 515 g/mol. The second kappa shape index (κ2) is 9.02. The molecule has 0 fully saturated rings. The standard InChI is InChI=1S/C25H24F3N5O4/c1-14(15-4-6-16(7-5-15)25(26,27)28)29-24-30-18-8-10-32(13-17(18)22(34)33(24)36-3)23(35)20-12-21-19(31(20)2)9-11-37-21/h4-7,9,11-12,14H,8,10,13H2,1-3H3,(H,29,30)/t14-/m0/s1. The van der Waals surface area contributed by atoms with E-state index in [0.29, 0.717) is 41.1 Å². The van der Waals surface area contributed by atoms with Crippen molar-refractivity contribution in [2.45, 2.75) is 32.1 Å². The van der Waals surface area contributed by atoms with Crippen molar-refractivity contribution in [3.05, 3.63) is 81.1 Å². The minimum absolute atomic E-state index is 0.0602. The highest BCUT2D eigenvalue weighted by Gasteiger charge is 2.31. The Hall–Kier alpha value is -4.22. The van der Waals surface area contributed by atoms with Crippen molar-refractivity contribution in [3.63, 3.8) is 0 Å². The highest BCUT2D eigenvalue weighted by atomic mass is 19.4. The zero-order valence-electron chi connectivity index (χ0n) is 20.3. The Bertz CT molecular complexity index is 1530. The molecule has 1 N–H and O–H groups in total. The summed E-state index contributed by atoms with van der Waals surface area (Å²) in [7, 11) is 3.09. The molecule has 9 nitrogen and oxygen atoms in total. The lowest BCUT2D eigenvalue weighted by molar-refractivity contribution is -0.137. The number of benzene rings is 1. The van der Waals surface area contributed by atoms with E-state index in [4.69, 9.17) is 9.25 Å². The molecule has 12 heteroatoms. The van der Waals surface area contributed by atoms with Crippen LogP contribution in [0, 0.1) is 0 Å². The molecule has 0 bridgehead atoms. The van der Waals surface area contributed by atoms with Crippen LogP contribution in [0.4, 0.5) is 19.1 Å². The van der Waals surface area contributed by atoms with Crippen LogP contribution in [0.5, 0.6) is 0 Å². The van der Waals surface area contributed by atoms with Gasteiger partial charge in [0, 0.05) is 32.1 Å². The molecule has 1 atom stereocenters. The molecule has 0 unspecified atom stereocenters. The van der Waals surface area contributed by atoms with Gasteiger partial charge in [-0.25, -0.2) is 4.98 Å². The number of hydrogen-bond donors (Lipinski definition) is 1. The molecule has 0 radical (unpaired) electrons. The van der Waals surface area contributed by atoms with E-state index in [2.05, 4.69) is 10.3 Å². The summed E-state index contributed by atoms with van der Waals surface area (Å²) in [6.45, 7) is 2.16. The fourth-order valence-electron chi connectivity index (χ4n) is 4.55. The lowest BCUT2D eigenvalue weighted by Gasteiger charge is -2.29. The van der Waals surface area contributed by atoms with Gasteiger partial charge in [0.05, 0.1) is 41.2 Å². The summed E-state index contributed by atoms with van der Waals surface area (Å²) in [5, 5.41) is 3.06. The van der Waals surface area contributed by atoms with Gasteiger partial charge in [0.15, 0.2) is 5.58 Å². The molecule has 0 spiro atoms. The van der Waals surface area contributed by atoms with Crippen LogP contribution < -0.4 is 15.7 Å². The molecule has 0 aliphatic carbocycles. The summed E-state index contributed by atoms with van der Waals surface area (Å²) in [5.74, 6) is -0.109. The van der Waals surface area contributed by atoms with Gasteiger partial charge in [0.25, 0.3) is 11.5 Å². The second-order valence-corrected chi connectivity index (χ2v) is 8.86. The smallest absolute Gasteiger partial charge is 0.416 e. The van der Waals surface area contributed by atoms with E-state index in [-0.39, 0.29) is 18.4 Å². The zero-order valence-corrected chi connectivity index (χ0v) is 20.3. The highest BCUT2D eigenvalue weighted by molar-refractivity contribution is 5.97. The third-order valence-electron chi connectivity index (χ3n) is 6.63. The monoisotopic (exact) mass is 515 g/mol. The van der Waals surface area contributed by atoms with Crippen LogP contribution in [0.15, 0.2) is 51.9 Å². The van der Waals surface area contributed by atoms with Gasteiger partial charge in [-0.3, -0.25) is 9.59 Å². The first-order valence-corrected chi connectivity index (χ1v) is 11.5. The van der Waals surface area contributed by atoms with E-state index in [9.17, 15) is 22.8 Å². The van der Waals surface area contributed by atoms with Crippen molar-refractivity contribution in [3.8, 4) is 0 Å². The molecule has 37 heavy (non-hydrogen) atoms. The topological polar surface area (TPSA) is 94.5 Å². The number of carbonyl (C=O) groups is 1. The summed E-state index contributed by atoms with van der Waals surface area (Å²) in [6.07, 6.45) is -2.52. The Balaban J connectivity index is 1.39. The molecule has 4 aromatic rings. The summed E-state index contributed by atoms with van der Waals surface area (Å²) in [6, 6.07) is 7.74. The molecular weight excluding hydrogens is 491 g/mol. The van der Waals surface area contributed by atoms with E-state index < -0.39 is 23.3 Å². The van der Waals surface area contributed by atoms with Crippen molar-refractivity contribution in [1.29, 1.82) is 0 Å². The molecule has 1 aliphatic heterocycles. The number of rotatable bonds is 5. The van der Waals surface area contributed by atoms with Gasteiger partial charge >= 0.3 is 6.18 Å². The average Bonchev–Trinajstić information content (AvgIpc) is 3.46. The minimum Gasteiger partial charge on any atom is -0.463 e. The van der Waals surface area contributed by atoms with Gasteiger partial charge in [0.1, 0.15) is 12.8 Å². The number of fused-ring (bicyclic) bond motifs is 2. The maximum Gasteiger partial charge on any atom is 0.416 e. The first-order chi connectivity index (χ1) is 17.6. The number of furan rings is 1. The van der Waals surface area contributed by atoms with E-state index in [1.165, 1.54) is 19.2 Å². The summed E-state index contributed by atoms with van der Waals surface area (Å²) >= 11 is 0. The number of aromatic nitrogens is 3. The van der Waals surface area contributed by atoms with Gasteiger partial charge < -0.3 is 24.0 Å². The molecule has 1 amide bonds. The Morgan fingerprint density at radius 3 is 2.59 bits per heavy atom. The normalized spacial score (nSPS) is 14.5. The number of anilines is 1. The van der Waals surface area contributed by atoms with Gasteiger partial charge in [-0.1, -0.05) is 12.1 Å². The first kappa shape index (κ1) is 24.5. The molecule has 1 aromatic carbocycles. The van der Waals surface area contributed by atoms with Gasteiger partial charge in [0.2, 0.25) is 5.95 Å². The maximum absolute atomic E-state index is 13.3. The summed E-state index contributed by atoms with van der Waals surface area (Å²) in [5.41, 5.74) is 2.08. The fraction of sp³-hybridized carbons (Fsp3) is 0.320. The SMILES string of the molecule is COn1c(N[C@@H](C)c2ccc(C(F)(F)F)cc2)nc2c(c1=O)CN(C(=O)c1cc3occc3n1C)CC2. The van der Waals surface area contributed by atoms with E-state index in [1.807, 2.05) is 0 Å². The Kier molecular flexibility index (Phi) is 5.97. The zero-order chi connectivity index (χ0) is 26.5. The molecule has 1 aliphatic rings. The van der Waals surface area contributed by atoms with E-state index in [1.54, 1.807) is 41.8 Å². The number of nitrogens with zero attached hydrogens (tertiary/aromatic N) is 4. The minimum atomic E-state index is -4.42.